The summed E-state index contributed by atoms with van der Waals surface area (Å²) in [6, 6.07) is 23.7. The first-order valence-corrected chi connectivity index (χ1v) is 12.2. The van der Waals surface area contributed by atoms with E-state index in [0.29, 0.717) is 13.0 Å². The Hall–Kier alpha value is -4.43. The third-order valence-electron chi connectivity index (χ3n) is 5.69. The van der Waals surface area contributed by atoms with Crippen molar-refractivity contribution in [3.63, 3.8) is 0 Å². The molecule has 6 rings (SSSR count). The summed E-state index contributed by atoms with van der Waals surface area (Å²) in [4.78, 5) is 28.8. The summed E-state index contributed by atoms with van der Waals surface area (Å²) in [6.07, 6.45) is 4.24. The largest absolute Gasteiger partial charge is 0.355 e. The first kappa shape index (κ1) is 23.3. The highest BCUT2D eigenvalue weighted by atomic mass is 32.2. The van der Waals surface area contributed by atoms with Crippen LogP contribution in [0.5, 0.6) is 0 Å². The minimum absolute atomic E-state index is 0.0301. The molecule has 0 atom stereocenters. The van der Waals surface area contributed by atoms with Crippen LogP contribution >= 0.6 is 11.8 Å². The molecular formula is C28H23N5O2S. The van der Waals surface area contributed by atoms with Gasteiger partial charge < -0.3 is 10.6 Å². The number of H-pyrrole nitrogens is 1. The van der Waals surface area contributed by atoms with E-state index in [1.54, 1.807) is 24.2 Å². The molecule has 0 aliphatic carbocycles. The zero-order chi connectivity index (χ0) is 24.9. The van der Waals surface area contributed by atoms with Crippen LogP contribution in [0.25, 0.3) is 22.2 Å². The molecule has 0 spiro atoms. The van der Waals surface area contributed by atoms with Crippen molar-refractivity contribution < 1.29 is 9.59 Å². The molecule has 0 bridgehead atoms. The Labute approximate surface area is 212 Å². The molecule has 0 saturated carbocycles. The van der Waals surface area contributed by atoms with E-state index >= 15 is 0 Å². The van der Waals surface area contributed by atoms with Crippen LogP contribution in [0, 0.1) is 6.92 Å². The van der Waals surface area contributed by atoms with Gasteiger partial charge in [0.2, 0.25) is 6.41 Å². The number of aryl methyl sites for hydroxylation is 1. The number of hydrogen-bond donors (Lipinski definition) is 3. The minimum Gasteiger partial charge on any atom is -0.355 e. The number of fused-ring (bicyclic) bond motifs is 3. The Morgan fingerprint density at radius 2 is 1.86 bits per heavy atom. The third kappa shape index (κ3) is 5.13. The van der Waals surface area contributed by atoms with E-state index in [-0.39, 0.29) is 5.91 Å². The van der Waals surface area contributed by atoms with Crippen LogP contribution in [0.1, 0.15) is 21.5 Å². The van der Waals surface area contributed by atoms with E-state index in [4.69, 9.17) is 0 Å². The second-order valence-electron chi connectivity index (χ2n) is 8.27. The van der Waals surface area contributed by atoms with Crippen LogP contribution in [-0.4, -0.2) is 27.5 Å². The summed E-state index contributed by atoms with van der Waals surface area (Å²) in [5.41, 5.74) is 6.72. The zero-order valence-corrected chi connectivity index (χ0v) is 20.3. The summed E-state index contributed by atoms with van der Waals surface area (Å²) < 4.78 is 0. The Kier molecular flexibility index (Phi) is 6.77. The SMILES string of the molecule is Cc1ccc2c(c1)NC(=O)c1ccccc1S2.O=CNCc1ccc(-c2ccc3[nH]ncc3c2)nc1. The molecular weight excluding hydrogens is 470 g/mol. The molecule has 2 amide bonds. The number of aromatic amines is 1. The maximum absolute atomic E-state index is 12.1. The van der Waals surface area contributed by atoms with Crippen molar-refractivity contribution in [3.8, 4) is 11.3 Å². The van der Waals surface area contributed by atoms with Gasteiger partial charge in [-0.15, -0.1) is 0 Å². The Balaban J connectivity index is 0.000000149. The lowest BCUT2D eigenvalue weighted by molar-refractivity contribution is -0.109. The highest BCUT2D eigenvalue weighted by Crippen LogP contribution is 2.38. The smallest absolute Gasteiger partial charge is 0.256 e. The molecule has 1 aliphatic heterocycles. The summed E-state index contributed by atoms with van der Waals surface area (Å²) in [5.74, 6) is -0.0301. The summed E-state index contributed by atoms with van der Waals surface area (Å²) in [7, 11) is 0. The Bertz CT molecular complexity index is 1550. The molecule has 3 heterocycles. The van der Waals surface area contributed by atoms with Gasteiger partial charge in [0, 0.05) is 33.5 Å². The van der Waals surface area contributed by atoms with Gasteiger partial charge in [-0.05, 0) is 60.5 Å². The predicted molar refractivity (Wildman–Crippen MR) is 142 cm³/mol. The number of amides is 2. The van der Waals surface area contributed by atoms with Gasteiger partial charge in [0.25, 0.3) is 5.91 Å². The van der Waals surface area contributed by atoms with Crippen molar-refractivity contribution in [2.45, 2.75) is 23.3 Å². The standard InChI is InChI=1S/C14H12N4O.C14H11NOS/c19-9-15-6-10-1-3-13(16-7-10)11-2-4-14-12(5-11)8-17-18-14;1-9-6-7-13-11(8-9)15-14(16)10-4-2-3-5-12(10)17-13/h1-5,7-9H,6H2,(H,15,19)(H,17,18);2-8H,1H3,(H,15,16). The molecule has 3 aromatic carbocycles. The fourth-order valence-corrected chi connectivity index (χ4v) is 4.85. The zero-order valence-electron chi connectivity index (χ0n) is 19.5. The quantitative estimate of drug-likeness (QED) is 0.284. The number of pyridine rings is 1. The predicted octanol–water partition coefficient (Wildman–Crippen LogP) is 5.58. The number of benzene rings is 3. The third-order valence-corrected chi connectivity index (χ3v) is 6.84. The van der Waals surface area contributed by atoms with Gasteiger partial charge in [-0.2, -0.15) is 5.10 Å². The highest BCUT2D eigenvalue weighted by molar-refractivity contribution is 7.99. The van der Waals surface area contributed by atoms with Crippen LogP contribution in [0.15, 0.2) is 95.0 Å². The van der Waals surface area contributed by atoms with Crippen molar-refractivity contribution in [3.05, 3.63) is 102 Å². The molecule has 0 fully saturated rings. The van der Waals surface area contributed by atoms with E-state index in [2.05, 4.69) is 37.9 Å². The molecule has 36 heavy (non-hydrogen) atoms. The molecule has 0 radical (unpaired) electrons. The summed E-state index contributed by atoms with van der Waals surface area (Å²) in [5, 5.41) is 13.5. The summed E-state index contributed by atoms with van der Waals surface area (Å²) >= 11 is 1.63. The van der Waals surface area contributed by atoms with Crippen LogP contribution in [0.3, 0.4) is 0 Å². The van der Waals surface area contributed by atoms with Crippen molar-refractivity contribution in [2.24, 2.45) is 0 Å². The number of carbonyl (C=O) groups is 2. The van der Waals surface area contributed by atoms with Gasteiger partial charge in [0.05, 0.1) is 28.7 Å². The molecule has 8 heteroatoms. The normalized spacial score (nSPS) is 11.9. The lowest BCUT2D eigenvalue weighted by Gasteiger charge is -2.06. The number of nitrogens with one attached hydrogen (secondary N) is 3. The maximum Gasteiger partial charge on any atom is 0.256 e. The lowest BCUT2D eigenvalue weighted by atomic mass is 10.1. The summed E-state index contributed by atoms with van der Waals surface area (Å²) in [6.45, 7) is 2.52. The lowest BCUT2D eigenvalue weighted by Crippen LogP contribution is -2.11. The number of hydrogen-bond acceptors (Lipinski definition) is 5. The molecule has 0 unspecified atom stereocenters. The number of aromatic nitrogens is 3. The average molecular weight is 494 g/mol. The van der Waals surface area contributed by atoms with Gasteiger partial charge in [-0.3, -0.25) is 19.7 Å². The number of nitrogens with zero attached hydrogens (tertiary/aromatic N) is 2. The molecule has 7 nitrogen and oxygen atoms in total. The van der Waals surface area contributed by atoms with Crippen LogP contribution < -0.4 is 10.6 Å². The van der Waals surface area contributed by atoms with Crippen molar-refractivity contribution in [1.29, 1.82) is 0 Å². The van der Waals surface area contributed by atoms with Gasteiger partial charge in [0.1, 0.15) is 0 Å². The number of anilines is 1. The van der Waals surface area contributed by atoms with Crippen LogP contribution in [0.4, 0.5) is 5.69 Å². The Morgan fingerprint density at radius 1 is 0.972 bits per heavy atom. The second kappa shape index (κ2) is 10.5. The van der Waals surface area contributed by atoms with E-state index in [0.717, 1.165) is 54.3 Å². The minimum atomic E-state index is -0.0301. The number of rotatable bonds is 4. The molecule has 5 aromatic rings. The molecule has 3 N–H and O–H groups in total. The fourth-order valence-electron chi connectivity index (χ4n) is 3.84. The molecule has 178 valence electrons. The van der Waals surface area contributed by atoms with Gasteiger partial charge >= 0.3 is 0 Å². The first-order chi connectivity index (χ1) is 17.6. The topological polar surface area (TPSA) is 99.8 Å². The number of carbonyl (C=O) groups excluding carboxylic acids is 2. The molecule has 0 saturated heterocycles. The van der Waals surface area contributed by atoms with Gasteiger partial charge in [-0.1, -0.05) is 42.1 Å². The van der Waals surface area contributed by atoms with Crippen LogP contribution in [-0.2, 0) is 11.3 Å². The van der Waals surface area contributed by atoms with Crippen LogP contribution in [0.2, 0.25) is 0 Å². The monoisotopic (exact) mass is 493 g/mol. The van der Waals surface area contributed by atoms with Crippen molar-refractivity contribution in [1.82, 2.24) is 20.5 Å². The fraction of sp³-hybridized carbons (Fsp3) is 0.0714. The van der Waals surface area contributed by atoms with Crippen molar-refractivity contribution in [2.75, 3.05) is 5.32 Å². The van der Waals surface area contributed by atoms with E-state index in [1.807, 2.05) is 67.6 Å². The molecule has 2 aromatic heterocycles. The van der Waals surface area contributed by atoms with E-state index < -0.39 is 0 Å². The van der Waals surface area contributed by atoms with Gasteiger partial charge in [-0.25, -0.2) is 0 Å². The maximum atomic E-state index is 12.1. The highest BCUT2D eigenvalue weighted by Gasteiger charge is 2.19. The second-order valence-corrected chi connectivity index (χ2v) is 9.36. The molecule has 1 aliphatic rings. The first-order valence-electron chi connectivity index (χ1n) is 11.3. The average Bonchev–Trinajstić information content (AvgIpc) is 3.33. The van der Waals surface area contributed by atoms with Gasteiger partial charge in [0.15, 0.2) is 0 Å². The Morgan fingerprint density at radius 3 is 2.69 bits per heavy atom. The van der Waals surface area contributed by atoms with E-state index in [1.165, 1.54) is 0 Å². The van der Waals surface area contributed by atoms with Crippen molar-refractivity contribution >= 4 is 40.7 Å². The van der Waals surface area contributed by atoms with E-state index in [9.17, 15) is 9.59 Å².